The molecule has 0 heterocycles. The summed E-state index contributed by atoms with van der Waals surface area (Å²) in [7, 11) is 0. The quantitative estimate of drug-likeness (QED) is 0.183. The summed E-state index contributed by atoms with van der Waals surface area (Å²) in [5, 5.41) is 4.01. The summed E-state index contributed by atoms with van der Waals surface area (Å²) in [6, 6.07) is 4.08. The van der Waals surface area contributed by atoms with Gasteiger partial charge in [-0.2, -0.15) is 0 Å². The molecular formula is C23H35Cl2NO3. The van der Waals surface area contributed by atoms with Crippen LogP contribution in [0.1, 0.15) is 71.4 Å². The highest BCUT2D eigenvalue weighted by molar-refractivity contribution is 6.55. The average molecular weight is 444 g/mol. The van der Waals surface area contributed by atoms with Crippen molar-refractivity contribution in [3.8, 4) is 11.5 Å². The van der Waals surface area contributed by atoms with E-state index in [2.05, 4.69) is 19.0 Å². The third-order valence-electron chi connectivity index (χ3n) is 4.09. The van der Waals surface area contributed by atoms with Gasteiger partial charge in [-0.05, 0) is 88.6 Å². The average Bonchev–Trinajstić information content (AvgIpc) is 2.65. The van der Waals surface area contributed by atoms with Crippen LogP contribution in [-0.4, -0.2) is 25.0 Å². The normalized spacial score (nSPS) is 11.6. The molecule has 4 nitrogen and oxygen atoms in total. The molecule has 0 radical (unpaired) electrons. The Hall–Kier alpha value is -1.39. The molecule has 0 spiro atoms. The Morgan fingerprint density at radius 2 is 1.66 bits per heavy atom. The predicted molar refractivity (Wildman–Crippen MR) is 124 cm³/mol. The third-order valence-corrected chi connectivity index (χ3v) is 4.40. The molecule has 0 unspecified atom stereocenters. The van der Waals surface area contributed by atoms with E-state index >= 15 is 0 Å². The van der Waals surface area contributed by atoms with Crippen molar-refractivity contribution >= 4 is 29.4 Å². The molecule has 0 aliphatic rings. The van der Waals surface area contributed by atoms with Crippen molar-refractivity contribution in [1.29, 1.82) is 0 Å². The monoisotopic (exact) mass is 443 g/mol. The molecule has 0 aromatic heterocycles. The molecule has 1 rings (SSSR count). The van der Waals surface area contributed by atoms with Gasteiger partial charge in [-0.1, -0.05) is 42.2 Å². The molecule has 29 heavy (non-hydrogen) atoms. The van der Waals surface area contributed by atoms with Gasteiger partial charge in [-0.3, -0.25) is 0 Å². The van der Waals surface area contributed by atoms with Crippen molar-refractivity contribution in [1.82, 2.24) is 0 Å². The van der Waals surface area contributed by atoms with Gasteiger partial charge in [-0.15, -0.1) is 0 Å². The second-order valence-electron chi connectivity index (χ2n) is 7.77. The number of nitrogens with zero attached hydrogens (tertiary/aromatic N) is 1. The van der Waals surface area contributed by atoms with Gasteiger partial charge in [0.15, 0.2) is 0 Å². The Labute approximate surface area is 186 Å². The summed E-state index contributed by atoms with van der Waals surface area (Å²) in [6.07, 6.45) is 9.35. The van der Waals surface area contributed by atoms with Crippen LogP contribution in [0.4, 0.5) is 0 Å². The minimum absolute atomic E-state index is 0.212. The maximum absolute atomic E-state index is 6.15. The van der Waals surface area contributed by atoms with Gasteiger partial charge in [0.1, 0.15) is 28.2 Å². The SMILES string of the molecule is CCc1cc(OCC=C(Cl)Cl)cc(CC)c1OCCCCCC=NOC(C)(C)C. The summed E-state index contributed by atoms with van der Waals surface area (Å²) in [5.74, 6) is 1.81. The van der Waals surface area contributed by atoms with E-state index in [9.17, 15) is 0 Å². The molecule has 0 aliphatic carbocycles. The molecule has 0 bridgehead atoms. The second kappa shape index (κ2) is 13.8. The molecule has 0 saturated carbocycles. The summed E-state index contributed by atoms with van der Waals surface area (Å²) < 4.78 is 12.1. The smallest absolute Gasteiger partial charge is 0.129 e. The van der Waals surface area contributed by atoms with Crippen LogP contribution in [-0.2, 0) is 17.7 Å². The molecule has 0 fully saturated rings. The van der Waals surface area contributed by atoms with Gasteiger partial charge in [0.05, 0.1) is 6.61 Å². The zero-order chi connectivity index (χ0) is 21.7. The number of unbranched alkanes of at least 4 members (excludes halogenated alkanes) is 3. The molecule has 164 valence electrons. The summed E-state index contributed by atoms with van der Waals surface area (Å²) in [4.78, 5) is 5.33. The fraction of sp³-hybridized carbons (Fsp3) is 0.609. The van der Waals surface area contributed by atoms with Crippen molar-refractivity contribution in [2.45, 2.75) is 78.7 Å². The van der Waals surface area contributed by atoms with E-state index in [1.54, 1.807) is 6.08 Å². The number of halogens is 2. The van der Waals surface area contributed by atoms with Crippen LogP contribution >= 0.6 is 23.2 Å². The molecule has 1 aromatic carbocycles. The van der Waals surface area contributed by atoms with Gasteiger partial charge in [0.25, 0.3) is 0 Å². The highest BCUT2D eigenvalue weighted by Gasteiger charge is 2.11. The number of ether oxygens (including phenoxy) is 2. The van der Waals surface area contributed by atoms with Gasteiger partial charge in [-0.25, -0.2) is 0 Å². The number of oxime groups is 1. The molecule has 0 saturated heterocycles. The summed E-state index contributed by atoms with van der Waals surface area (Å²) in [5.41, 5.74) is 2.09. The van der Waals surface area contributed by atoms with Crippen LogP contribution in [0.2, 0.25) is 0 Å². The molecule has 6 heteroatoms. The lowest BCUT2D eigenvalue weighted by atomic mass is 10.0. The Balaban J connectivity index is 2.49. The van der Waals surface area contributed by atoms with Crippen molar-refractivity contribution in [3.63, 3.8) is 0 Å². The second-order valence-corrected chi connectivity index (χ2v) is 8.78. The summed E-state index contributed by atoms with van der Waals surface area (Å²) >= 11 is 11.3. The first-order valence-corrected chi connectivity index (χ1v) is 11.1. The lowest BCUT2D eigenvalue weighted by Gasteiger charge is -2.17. The summed E-state index contributed by atoms with van der Waals surface area (Å²) in [6.45, 7) is 11.3. The molecular weight excluding hydrogens is 409 g/mol. The van der Waals surface area contributed by atoms with E-state index in [0.29, 0.717) is 13.2 Å². The zero-order valence-corrected chi connectivity index (χ0v) is 19.9. The maximum atomic E-state index is 6.15. The van der Waals surface area contributed by atoms with Gasteiger partial charge >= 0.3 is 0 Å². The Morgan fingerprint density at radius 3 is 2.21 bits per heavy atom. The molecule has 0 atom stereocenters. The first-order chi connectivity index (χ1) is 13.8. The zero-order valence-electron chi connectivity index (χ0n) is 18.4. The van der Waals surface area contributed by atoms with Crippen LogP contribution < -0.4 is 9.47 Å². The Kier molecular flexibility index (Phi) is 12.2. The predicted octanol–water partition coefficient (Wildman–Crippen LogP) is 7.25. The molecule has 0 aliphatic heterocycles. The maximum Gasteiger partial charge on any atom is 0.129 e. The van der Waals surface area contributed by atoms with E-state index < -0.39 is 0 Å². The molecule has 0 amide bonds. The number of hydrogen-bond donors (Lipinski definition) is 0. The van der Waals surface area contributed by atoms with Gasteiger partial charge < -0.3 is 14.3 Å². The number of rotatable bonds is 13. The van der Waals surface area contributed by atoms with Crippen molar-refractivity contribution in [2.75, 3.05) is 13.2 Å². The highest BCUT2D eigenvalue weighted by atomic mass is 35.5. The van der Waals surface area contributed by atoms with E-state index in [1.165, 1.54) is 0 Å². The van der Waals surface area contributed by atoms with Crippen molar-refractivity contribution < 1.29 is 14.3 Å². The topological polar surface area (TPSA) is 40.0 Å². The van der Waals surface area contributed by atoms with Gasteiger partial charge in [0, 0.05) is 6.21 Å². The first kappa shape index (κ1) is 25.6. The van der Waals surface area contributed by atoms with Crippen LogP contribution in [0.3, 0.4) is 0 Å². The van der Waals surface area contributed by atoms with Crippen LogP contribution in [0.15, 0.2) is 27.9 Å². The van der Waals surface area contributed by atoms with E-state index in [-0.39, 0.29) is 10.1 Å². The fourth-order valence-electron chi connectivity index (χ4n) is 2.65. The van der Waals surface area contributed by atoms with Crippen LogP contribution in [0, 0.1) is 0 Å². The standard InChI is InChI=1S/C23H35Cl2NO3/c1-6-18-16-20(27-15-12-21(24)25)17-19(7-2)22(18)28-14-11-9-8-10-13-26-29-23(3,4)5/h12-13,16-17H,6-11,14-15H2,1-5H3. The molecule has 1 aromatic rings. The third kappa shape index (κ3) is 11.4. The first-order valence-electron chi connectivity index (χ1n) is 10.4. The van der Waals surface area contributed by atoms with Crippen LogP contribution in [0.25, 0.3) is 0 Å². The van der Waals surface area contributed by atoms with Crippen molar-refractivity contribution in [2.24, 2.45) is 5.16 Å². The number of hydrogen-bond acceptors (Lipinski definition) is 4. The van der Waals surface area contributed by atoms with E-state index in [4.69, 9.17) is 37.5 Å². The van der Waals surface area contributed by atoms with Crippen LogP contribution in [0.5, 0.6) is 11.5 Å². The van der Waals surface area contributed by atoms with E-state index in [1.807, 2.05) is 39.1 Å². The minimum atomic E-state index is -0.229. The largest absolute Gasteiger partial charge is 0.493 e. The van der Waals surface area contributed by atoms with E-state index in [0.717, 1.165) is 61.2 Å². The minimum Gasteiger partial charge on any atom is -0.493 e. The van der Waals surface area contributed by atoms with Gasteiger partial charge in [0.2, 0.25) is 0 Å². The Bertz CT molecular complexity index is 638. The van der Waals surface area contributed by atoms with Crippen molar-refractivity contribution in [3.05, 3.63) is 33.8 Å². The lowest BCUT2D eigenvalue weighted by molar-refractivity contribution is 0.00156. The Morgan fingerprint density at radius 1 is 1.00 bits per heavy atom. The number of benzene rings is 1. The fourth-order valence-corrected chi connectivity index (χ4v) is 2.78. The molecule has 0 N–H and O–H groups in total. The lowest BCUT2D eigenvalue weighted by Crippen LogP contribution is -2.15. The highest BCUT2D eigenvalue weighted by Crippen LogP contribution is 2.31. The number of aryl methyl sites for hydroxylation is 2.